The summed E-state index contributed by atoms with van der Waals surface area (Å²) in [7, 11) is 0. The third kappa shape index (κ3) is 11.3. The lowest BCUT2D eigenvalue weighted by Crippen LogP contribution is -2.23. The van der Waals surface area contributed by atoms with Crippen LogP contribution in [0.15, 0.2) is 0 Å². The molecule has 20 heavy (non-hydrogen) atoms. The van der Waals surface area contributed by atoms with Gasteiger partial charge in [-0.25, -0.2) is 0 Å². The molecule has 8 heteroatoms. The number of hydrogen-bond donors (Lipinski definition) is 0. The fourth-order valence-corrected chi connectivity index (χ4v) is 1.87. The van der Waals surface area contributed by atoms with E-state index >= 15 is 0 Å². The fraction of sp³-hybridized carbons (Fsp3) is 1.00. The molecule has 0 spiro atoms. The summed E-state index contributed by atoms with van der Waals surface area (Å²) in [6.45, 7) is 4.17. The van der Waals surface area contributed by atoms with Gasteiger partial charge in [0.25, 0.3) is 0 Å². The van der Waals surface area contributed by atoms with E-state index < -0.39 is 11.1 Å². The van der Waals surface area contributed by atoms with Crippen molar-refractivity contribution >= 4 is 69.6 Å². The molecule has 0 saturated heterocycles. The van der Waals surface area contributed by atoms with Crippen LogP contribution in [0, 0.1) is 0 Å². The van der Waals surface area contributed by atoms with Gasteiger partial charge in [0.1, 0.15) is 11.1 Å². The van der Waals surface area contributed by atoms with Crippen LogP contribution in [0.1, 0.15) is 26.7 Å². The summed E-state index contributed by atoms with van der Waals surface area (Å²) in [5.41, 5.74) is -1.09. The van der Waals surface area contributed by atoms with Crippen molar-refractivity contribution in [1.82, 2.24) is 0 Å². The fourth-order valence-electron chi connectivity index (χ4n) is 1.19. The zero-order chi connectivity index (χ0) is 15.7. The molecular weight excluding hydrogens is 389 g/mol. The van der Waals surface area contributed by atoms with Crippen molar-refractivity contribution in [3.63, 3.8) is 0 Å². The molecule has 0 radical (unpaired) electrons. The van der Waals surface area contributed by atoms with Crippen molar-refractivity contribution in [3.8, 4) is 0 Å². The Labute approximate surface area is 151 Å². The molecule has 0 N–H and O–H groups in total. The van der Waals surface area contributed by atoms with Crippen molar-refractivity contribution in [2.75, 3.05) is 13.2 Å². The molecular formula is C12H20Cl6O2. The largest absolute Gasteiger partial charge is 0.359 e. The zero-order valence-electron chi connectivity index (χ0n) is 11.4. The van der Waals surface area contributed by atoms with Crippen LogP contribution >= 0.6 is 69.6 Å². The van der Waals surface area contributed by atoms with E-state index in [0.717, 1.165) is 0 Å². The second kappa shape index (κ2) is 12.1. The third-order valence-corrected chi connectivity index (χ3v) is 4.80. The number of halogens is 6. The summed E-state index contributed by atoms with van der Waals surface area (Å²) in [6, 6.07) is 0. The average molecular weight is 409 g/mol. The maximum absolute atomic E-state index is 6.11. The van der Waals surface area contributed by atoms with Crippen LogP contribution in [-0.2, 0) is 9.47 Å². The van der Waals surface area contributed by atoms with E-state index in [-0.39, 0.29) is 21.5 Å². The third-order valence-electron chi connectivity index (χ3n) is 2.39. The summed E-state index contributed by atoms with van der Waals surface area (Å²) in [5.74, 6) is 0. The molecule has 0 saturated carbocycles. The Morgan fingerprint density at radius 3 is 1.20 bits per heavy atom. The summed E-state index contributed by atoms with van der Waals surface area (Å²) in [6.07, 6.45) is 1.37. The monoisotopic (exact) mass is 406 g/mol. The van der Waals surface area contributed by atoms with Crippen LogP contribution in [-0.4, -0.2) is 45.8 Å². The first-order chi connectivity index (χ1) is 9.23. The Hall–Kier alpha value is 1.66. The Balaban J connectivity index is 3.70. The lowest BCUT2D eigenvalue weighted by atomic mass is 10.2. The van der Waals surface area contributed by atoms with Gasteiger partial charge in [0.2, 0.25) is 0 Å². The van der Waals surface area contributed by atoms with Gasteiger partial charge < -0.3 is 9.47 Å². The summed E-state index contributed by atoms with van der Waals surface area (Å²) in [4.78, 5) is 0. The summed E-state index contributed by atoms with van der Waals surface area (Å²) < 4.78 is 10.6. The first-order valence-electron chi connectivity index (χ1n) is 6.31. The smallest absolute Gasteiger partial charge is 0.147 e. The minimum atomic E-state index is -0.546. The van der Waals surface area contributed by atoms with Gasteiger partial charge in [0.15, 0.2) is 0 Å². The van der Waals surface area contributed by atoms with Gasteiger partial charge in [-0.15, -0.1) is 46.4 Å². The average Bonchev–Trinajstić information content (AvgIpc) is 2.39. The standard InChI is InChI=1S/C12H20Cl6O2/c1-7(13)11(17)19-5-9(15)3-4-10(16)6-20-12(18)8(2)14/h7-12H,3-6H2,1-2H3. The maximum atomic E-state index is 6.11. The van der Waals surface area contributed by atoms with Crippen LogP contribution in [0.25, 0.3) is 0 Å². The lowest BCUT2D eigenvalue weighted by Gasteiger charge is -2.18. The van der Waals surface area contributed by atoms with Gasteiger partial charge in [-0.2, -0.15) is 0 Å². The predicted molar refractivity (Wildman–Crippen MR) is 90.3 cm³/mol. The van der Waals surface area contributed by atoms with Crippen LogP contribution < -0.4 is 0 Å². The van der Waals surface area contributed by atoms with Crippen molar-refractivity contribution in [3.05, 3.63) is 0 Å². The molecule has 0 aromatic carbocycles. The van der Waals surface area contributed by atoms with Crippen LogP contribution in [0.4, 0.5) is 0 Å². The van der Waals surface area contributed by atoms with E-state index in [2.05, 4.69) is 0 Å². The van der Waals surface area contributed by atoms with E-state index in [4.69, 9.17) is 79.1 Å². The SMILES string of the molecule is CC(Cl)C(Cl)OCC(Cl)CCC(Cl)COC(Cl)C(C)Cl. The minimum absolute atomic E-state index is 0.174. The highest BCUT2D eigenvalue weighted by Gasteiger charge is 2.17. The van der Waals surface area contributed by atoms with E-state index in [1.165, 1.54) is 0 Å². The van der Waals surface area contributed by atoms with Gasteiger partial charge in [-0.3, -0.25) is 0 Å². The molecule has 0 fully saturated rings. The Morgan fingerprint density at radius 2 is 0.950 bits per heavy atom. The second-order valence-corrected chi connectivity index (χ2v) is 7.97. The topological polar surface area (TPSA) is 18.5 Å². The molecule has 0 aliphatic rings. The summed E-state index contributed by atoms with van der Waals surface area (Å²) >= 11 is 35.5. The normalized spacial score (nSPS) is 21.0. The molecule has 6 atom stereocenters. The van der Waals surface area contributed by atoms with Gasteiger partial charge >= 0.3 is 0 Å². The molecule has 122 valence electrons. The van der Waals surface area contributed by atoms with E-state index in [1.807, 2.05) is 0 Å². The first-order valence-corrected chi connectivity index (χ1v) is 8.93. The molecule has 0 bridgehead atoms. The van der Waals surface area contributed by atoms with Crippen molar-refractivity contribution in [2.24, 2.45) is 0 Å². The highest BCUT2D eigenvalue weighted by molar-refractivity contribution is 6.29. The predicted octanol–water partition coefficient (Wildman–Crippen LogP) is 5.40. The quantitative estimate of drug-likeness (QED) is 0.426. The second-order valence-electron chi connectivity index (χ2n) is 4.50. The van der Waals surface area contributed by atoms with Crippen LogP contribution in [0.5, 0.6) is 0 Å². The minimum Gasteiger partial charge on any atom is -0.359 e. The zero-order valence-corrected chi connectivity index (χ0v) is 15.9. The van der Waals surface area contributed by atoms with E-state index in [9.17, 15) is 0 Å². The van der Waals surface area contributed by atoms with Crippen molar-refractivity contribution < 1.29 is 9.47 Å². The molecule has 0 aliphatic heterocycles. The molecule has 2 nitrogen and oxygen atoms in total. The van der Waals surface area contributed by atoms with Gasteiger partial charge in [0.05, 0.1) is 34.7 Å². The lowest BCUT2D eigenvalue weighted by molar-refractivity contribution is 0.0982. The van der Waals surface area contributed by atoms with Gasteiger partial charge in [-0.1, -0.05) is 23.2 Å². The van der Waals surface area contributed by atoms with Crippen LogP contribution in [0.3, 0.4) is 0 Å². The molecule has 0 heterocycles. The van der Waals surface area contributed by atoms with Gasteiger partial charge in [0, 0.05) is 0 Å². The highest BCUT2D eigenvalue weighted by Crippen LogP contribution is 2.18. The number of alkyl halides is 6. The van der Waals surface area contributed by atoms with E-state index in [1.54, 1.807) is 13.8 Å². The molecule has 0 rings (SSSR count). The molecule has 6 unspecified atom stereocenters. The summed E-state index contributed by atoms with van der Waals surface area (Å²) in [5, 5.41) is -0.890. The molecule has 0 aliphatic carbocycles. The molecule has 0 aromatic heterocycles. The van der Waals surface area contributed by atoms with Crippen LogP contribution in [0.2, 0.25) is 0 Å². The highest BCUT2D eigenvalue weighted by atomic mass is 35.5. The van der Waals surface area contributed by atoms with Gasteiger partial charge in [-0.05, 0) is 26.7 Å². The Kier molecular flexibility index (Phi) is 13.1. The first kappa shape index (κ1) is 21.7. The van der Waals surface area contributed by atoms with Crippen molar-refractivity contribution in [2.45, 2.75) is 59.3 Å². The number of rotatable bonds is 11. The molecule has 0 aromatic rings. The van der Waals surface area contributed by atoms with Crippen molar-refractivity contribution in [1.29, 1.82) is 0 Å². The maximum Gasteiger partial charge on any atom is 0.147 e. The number of ether oxygens (including phenoxy) is 2. The Bertz CT molecular complexity index is 218. The molecule has 0 amide bonds. The Morgan fingerprint density at radius 1 is 0.650 bits per heavy atom. The van der Waals surface area contributed by atoms with E-state index in [0.29, 0.717) is 26.1 Å². The number of hydrogen-bond acceptors (Lipinski definition) is 2.